The maximum Gasteiger partial charge on any atom is 0.342 e. The van der Waals surface area contributed by atoms with Gasteiger partial charge in [0.1, 0.15) is 18.3 Å². The molecule has 0 spiro atoms. The molecule has 0 saturated heterocycles. The van der Waals surface area contributed by atoms with Crippen molar-refractivity contribution < 1.29 is 14.3 Å². The first-order valence-corrected chi connectivity index (χ1v) is 7.98. The highest BCUT2D eigenvalue weighted by atomic mass is 16.5. The Morgan fingerprint density at radius 2 is 2.33 bits per heavy atom. The summed E-state index contributed by atoms with van der Waals surface area (Å²) in [6.07, 6.45) is 5.62. The van der Waals surface area contributed by atoms with E-state index in [2.05, 4.69) is 12.2 Å². The van der Waals surface area contributed by atoms with Crippen LogP contribution in [0.4, 0.5) is 5.69 Å². The fourth-order valence-electron chi connectivity index (χ4n) is 3.27. The topological polar surface area (TPSA) is 47.6 Å². The van der Waals surface area contributed by atoms with Crippen LogP contribution in [0.5, 0.6) is 5.75 Å². The molecule has 1 fully saturated rings. The summed E-state index contributed by atoms with van der Waals surface area (Å²) in [5.41, 5.74) is 1.42. The molecule has 1 aliphatic heterocycles. The van der Waals surface area contributed by atoms with E-state index in [1.807, 2.05) is 12.1 Å². The van der Waals surface area contributed by atoms with Gasteiger partial charge in [0.05, 0.1) is 5.69 Å². The number of benzene rings is 1. The number of carbonyl (C=O) groups excluding carboxylic acids is 1. The molecule has 1 aliphatic carbocycles. The number of ether oxygens (including phenoxy) is 2. The Labute approximate surface area is 125 Å². The molecule has 1 aromatic rings. The highest BCUT2D eigenvalue weighted by Crippen LogP contribution is 2.33. The van der Waals surface area contributed by atoms with E-state index in [0.29, 0.717) is 23.8 Å². The lowest BCUT2D eigenvalue weighted by Crippen LogP contribution is -2.26. The van der Waals surface area contributed by atoms with Crippen molar-refractivity contribution in [2.45, 2.75) is 45.1 Å². The lowest BCUT2D eigenvalue weighted by atomic mass is 9.85. The molecule has 2 aliphatic rings. The van der Waals surface area contributed by atoms with Crippen LogP contribution in [0.15, 0.2) is 18.2 Å². The smallest absolute Gasteiger partial charge is 0.342 e. The minimum absolute atomic E-state index is 0.0589. The molecule has 2 unspecified atom stereocenters. The van der Waals surface area contributed by atoms with Crippen LogP contribution in [0.1, 0.15) is 49.4 Å². The Kier molecular flexibility index (Phi) is 4.32. The van der Waals surface area contributed by atoms with E-state index in [4.69, 9.17) is 9.47 Å². The Hall–Kier alpha value is -1.71. The van der Waals surface area contributed by atoms with Crippen LogP contribution in [-0.2, 0) is 4.74 Å². The summed E-state index contributed by atoms with van der Waals surface area (Å²) in [7, 11) is 0. The fourth-order valence-corrected chi connectivity index (χ4v) is 3.27. The van der Waals surface area contributed by atoms with Crippen molar-refractivity contribution >= 4 is 11.7 Å². The van der Waals surface area contributed by atoms with Gasteiger partial charge in [0.25, 0.3) is 0 Å². The zero-order valence-electron chi connectivity index (χ0n) is 12.6. The number of esters is 1. The summed E-state index contributed by atoms with van der Waals surface area (Å²) in [4.78, 5) is 12.4. The average molecular weight is 289 g/mol. The molecule has 114 valence electrons. The van der Waals surface area contributed by atoms with Gasteiger partial charge in [-0.3, -0.25) is 0 Å². The molecule has 0 amide bonds. The molecule has 2 atom stereocenters. The number of para-hydroxylation sites is 1. The van der Waals surface area contributed by atoms with Gasteiger partial charge in [-0.05, 0) is 37.3 Å². The second-order valence-electron chi connectivity index (χ2n) is 5.93. The number of carbonyl (C=O) groups is 1. The van der Waals surface area contributed by atoms with Gasteiger partial charge < -0.3 is 14.8 Å². The molecule has 0 radical (unpaired) electrons. The van der Waals surface area contributed by atoms with Crippen molar-refractivity contribution in [2.75, 3.05) is 18.5 Å². The van der Waals surface area contributed by atoms with Gasteiger partial charge in [0, 0.05) is 6.54 Å². The van der Waals surface area contributed by atoms with Gasteiger partial charge >= 0.3 is 5.97 Å². The molecule has 1 N–H and O–H groups in total. The van der Waals surface area contributed by atoms with E-state index in [1.54, 1.807) is 6.07 Å². The number of hydrogen-bond donors (Lipinski definition) is 1. The number of nitrogens with one attached hydrogen (secondary N) is 1. The maximum absolute atomic E-state index is 12.4. The Bertz CT molecular complexity index is 515. The minimum atomic E-state index is -0.252. The van der Waals surface area contributed by atoms with Crippen molar-refractivity contribution in [1.82, 2.24) is 0 Å². The van der Waals surface area contributed by atoms with Crippen LogP contribution in [0.25, 0.3) is 0 Å². The molecule has 21 heavy (non-hydrogen) atoms. The molecule has 4 heteroatoms. The minimum Gasteiger partial charge on any atom is -0.489 e. The second-order valence-corrected chi connectivity index (χ2v) is 5.93. The van der Waals surface area contributed by atoms with Crippen LogP contribution in [0.3, 0.4) is 0 Å². The van der Waals surface area contributed by atoms with Crippen molar-refractivity contribution in [3.63, 3.8) is 0 Å². The first kappa shape index (κ1) is 14.2. The monoisotopic (exact) mass is 289 g/mol. The van der Waals surface area contributed by atoms with Crippen LogP contribution in [-0.4, -0.2) is 25.2 Å². The molecular weight excluding hydrogens is 266 g/mol. The van der Waals surface area contributed by atoms with Gasteiger partial charge in [0.15, 0.2) is 5.75 Å². The molecule has 4 nitrogen and oxygen atoms in total. The van der Waals surface area contributed by atoms with Gasteiger partial charge in [-0.2, -0.15) is 0 Å². The third kappa shape index (κ3) is 3.14. The third-order valence-corrected chi connectivity index (χ3v) is 4.48. The summed E-state index contributed by atoms with van der Waals surface area (Å²) in [6, 6.07) is 5.58. The predicted molar refractivity (Wildman–Crippen MR) is 81.9 cm³/mol. The van der Waals surface area contributed by atoms with Crippen LogP contribution in [0, 0.1) is 5.92 Å². The van der Waals surface area contributed by atoms with Crippen LogP contribution >= 0.6 is 0 Å². The largest absolute Gasteiger partial charge is 0.489 e. The van der Waals surface area contributed by atoms with E-state index in [9.17, 15) is 4.79 Å². The quantitative estimate of drug-likeness (QED) is 0.863. The summed E-state index contributed by atoms with van der Waals surface area (Å²) < 4.78 is 11.4. The lowest BCUT2D eigenvalue weighted by molar-refractivity contribution is 0.0136. The molecule has 1 heterocycles. The third-order valence-electron chi connectivity index (χ3n) is 4.48. The average Bonchev–Trinajstić information content (AvgIpc) is 2.54. The van der Waals surface area contributed by atoms with Gasteiger partial charge in [-0.1, -0.05) is 25.8 Å². The van der Waals surface area contributed by atoms with Gasteiger partial charge in [-0.25, -0.2) is 4.79 Å². The van der Waals surface area contributed by atoms with Gasteiger partial charge in [0.2, 0.25) is 0 Å². The molecule has 1 saturated carbocycles. The molecular formula is C17H23NO3. The van der Waals surface area contributed by atoms with Crippen molar-refractivity contribution in [2.24, 2.45) is 5.92 Å². The first-order valence-electron chi connectivity index (χ1n) is 7.98. The van der Waals surface area contributed by atoms with E-state index in [-0.39, 0.29) is 12.1 Å². The summed E-state index contributed by atoms with van der Waals surface area (Å²) in [5, 5.41) is 3.24. The lowest BCUT2D eigenvalue weighted by Gasteiger charge is -2.28. The SMILES string of the molecule is CCC1CCCC(OC(=O)c2cccc3c2OCCN3)C1. The molecule has 0 aromatic heterocycles. The predicted octanol–water partition coefficient (Wildman–Crippen LogP) is 3.62. The van der Waals surface area contributed by atoms with E-state index in [0.717, 1.165) is 31.5 Å². The zero-order chi connectivity index (χ0) is 14.7. The number of anilines is 1. The van der Waals surface area contributed by atoms with Crippen LogP contribution in [0.2, 0.25) is 0 Å². The van der Waals surface area contributed by atoms with E-state index in [1.165, 1.54) is 12.8 Å². The first-order chi connectivity index (χ1) is 10.3. The van der Waals surface area contributed by atoms with E-state index < -0.39 is 0 Å². The molecule has 3 rings (SSSR count). The number of hydrogen-bond acceptors (Lipinski definition) is 4. The Morgan fingerprint density at radius 3 is 3.19 bits per heavy atom. The van der Waals surface area contributed by atoms with Crippen molar-refractivity contribution in [3.05, 3.63) is 23.8 Å². The van der Waals surface area contributed by atoms with Gasteiger partial charge in [-0.15, -0.1) is 0 Å². The standard InChI is InChI=1S/C17H23NO3/c1-2-12-5-3-6-13(11-12)21-17(19)14-7-4-8-15-16(14)20-10-9-18-15/h4,7-8,12-13,18H,2-3,5-6,9-11H2,1H3. The van der Waals surface area contributed by atoms with Crippen LogP contribution < -0.4 is 10.1 Å². The maximum atomic E-state index is 12.4. The number of fused-ring (bicyclic) bond motifs is 1. The second kappa shape index (κ2) is 6.37. The highest BCUT2D eigenvalue weighted by Gasteiger charge is 2.26. The highest BCUT2D eigenvalue weighted by molar-refractivity contribution is 5.95. The summed E-state index contributed by atoms with van der Waals surface area (Å²) >= 11 is 0. The van der Waals surface area contributed by atoms with E-state index >= 15 is 0 Å². The van der Waals surface area contributed by atoms with Crippen molar-refractivity contribution in [1.29, 1.82) is 0 Å². The molecule has 0 bridgehead atoms. The van der Waals surface area contributed by atoms with Crippen molar-refractivity contribution in [3.8, 4) is 5.75 Å². The number of rotatable bonds is 3. The summed E-state index contributed by atoms with van der Waals surface area (Å²) in [5.74, 6) is 1.08. The normalized spacial score (nSPS) is 24.4. The Balaban J connectivity index is 1.71. The fraction of sp³-hybridized carbons (Fsp3) is 0.588. The molecule has 1 aromatic carbocycles. The Morgan fingerprint density at radius 1 is 1.43 bits per heavy atom. The summed E-state index contributed by atoms with van der Waals surface area (Å²) in [6.45, 7) is 3.56. The zero-order valence-corrected chi connectivity index (χ0v) is 12.6.